The van der Waals surface area contributed by atoms with Crippen LogP contribution < -0.4 is 5.73 Å². The van der Waals surface area contributed by atoms with Gasteiger partial charge in [0.05, 0.1) is 0 Å². The van der Waals surface area contributed by atoms with E-state index in [0.29, 0.717) is 5.56 Å². The van der Waals surface area contributed by atoms with Crippen molar-refractivity contribution in [3.05, 3.63) is 34.9 Å². The van der Waals surface area contributed by atoms with Crippen molar-refractivity contribution >= 4 is 0 Å². The molecule has 1 rings (SSSR count). The van der Waals surface area contributed by atoms with Gasteiger partial charge >= 0.3 is 0 Å². The summed E-state index contributed by atoms with van der Waals surface area (Å²) in [6.07, 6.45) is 2.56. The number of rotatable bonds is 4. The van der Waals surface area contributed by atoms with E-state index >= 15 is 0 Å². The highest BCUT2D eigenvalue weighted by Gasteiger charge is 2.07. The van der Waals surface area contributed by atoms with Crippen LogP contribution in [0.25, 0.3) is 0 Å². The summed E-state index contributed by atoms with van der Waals surface area (Å²) in [4.78, 5) is 0. The van der Waals surface area contributed by atoms with Crippen molar-refractivity contribution in [1.29, 1.82) is 0 Å². The normalized spacial score (nSPS) is 12.9. The van der Waals surface area contributed by atoms with Crippen LogP contribution in [0.1, 0.15) is 30.9 Å². The molecular weight excluding hydrogens is 196 g/mol. The lowest BCUT2D eigenvalue weighted by molar-refractivity contribution is 0.500. The lowest BCUT2D eigenvalue weighted by atomic mass is 10.0. The average Bonchev–Trinajstić information content (AvgIpc) is 2.13. The molecule has 1 nitrogen and oxygen atoms in total. The summed E-state index contributed by atoms with van der Waals surface area (Å²) in [5, 5.41) is 0. The molecule has 0 heterocycles. The van der Waals surface area contributed by atoms with Crippen molar-refractivity contribution in [2.24, 2.45) is 5.73 Å². The van der Waals surface area contributed by atoms with Crippen LogP contribution >= 0.6 is 0 Å². The van der Waals surface area contributed by atoms with Gasteiger partial charge in [0.25, 0.3) is 0 Å². The summed E-state index contributed by atoms with van der Waals surface area (Å²) in [6.45, 7) is 3.52. The Hall–Kier alpha value is -0.960. The quantitative estimate of drug-likeness (QED) is 0.817. The summed E-state index contributed by atoms with van der Waals surface area (Å²) >= 11 is 0. The average molecular weight is 213 g/mol. The van der Waals surface area contributed by atoms with E-state index in [9.17, 15) is 8.78 Å². The first kappa shape index (κ1) is 12.1. The third-order valence-electron chi connectivity index (χ3n) is 2.39. The molecule has 0 aliphatic heterocycles. The van der Waals surface area contributed by atoms with Crippen LogP contribution in [0, 0.1) is 18.6 Å². The van der Waals surface area contributed by atoms with Crippen LogP contribution in [0.2, 0.25) is 0 Å². The predicted molar refractivity (Wildman–Crippen MR) is 57.7 cm³/mol. The lowest BCUT2D eigenvalue weighted by Gasteiger charge is -2.06. The van der Waals surface area contributed by atoms with Crippen LogP contribution in [0.3, 0.4) is 0 Å². The summed E-state index contributed by atoms with van der Waals surface area (Å²) < 4.78 is 26.0. The minimum atomic E-state index is -0.759. The van der Waals surface area contributed by atoms with Crippen molar-refractivity contribution in [2.75, 3.05) is 0 Å². The van der Waals surface area contributed by atoms with Gasteiger partial charge in [0.15, 0.2) is 11.6 Å². The van der Waals surface area contributed by atoms with Crippen molar-refractivity contribution in [2.45, 2.75) is 39.2 Å². The number of nitrogens with two attached hydrogens (primary N) is 1. The Kier molecular flexibility index (Phi) is 4.21. The maximum absolute atomic E-state index is 13.0. The maximum atomic E-state index is 13.0. The molecule has 2 N–H and O–H groups in total. The van der Waals surface area contributed by atoms with E-state index in [0.717, 1.165) is 24.8 Å². The van der Waals surface area contributed by atoms with Gasteiger partial charge < -0.3 is 5.73 Å². The Morgan fingerprint density at radius 3 is 2.53 bits per heavy atom. The maximum Gasteiger partial charge on any atom is 0.161 e. The molecule has 3 heteroatoms. The van der Waals surface area contributed by atoms with E-state index in [1.807, 2.05) is 6.92 Å². The zero-order valence-electron chi connectivity index (χ0n) is 9.19. The third kappa shape index (κ3) is 3.59. The Bertz CT molecular complexity index is 311. The monoisotopic (exact) mass is 213 g/mol. The van der Waals surface area contributed by atoms with Gasteiger partial charge in [-0.1, -0.05) is 6.07 Å². The molecule has 0 radical (unpaired) electrons. The number of halogens is 2. The van der Waals surface area contributed by atoms with Crippen LogP contribution in [0.15, 0.2) is 12.1 Å². The molecule has 0 aliphatic rings. The first-order valence-corrected chi connectivity index (χ1v) is 5.21. The molecule has 0 amide bonds. The molecule has 15 heavy (non-hydrogen) atoms. The number of hydrogen-bond acceptors (Lipinski definition) is 1. The molecule has 0 aliphatic carbocycles. The Morgan fingerprint density at radius 1 is 1.33 bits per heavy atom. The van der Waals surface area contributed by atoms with Gasteiger partial charge in [0, 0.05) is 6.04 Å². The van der Waals surface area contributed by atoms with Crippen molar-refractivity contribution < 1.29 is 8.78 Å². The van der Waals surface area contributed by atoms with E-state index in [4.69, 9.17) is 5.73 Å². The largest absolute Gasteiger partial charge is 0.328 e. The van der Waals surface area contributed by atoms with Crippen LogP contribution in [-0.2, 0) is 6.42 Å². The van der Waals surface area contributed by atoms with E-state index in [1.165, 1.54) is 6.07 Å². The molecule has 0 saturated carbocycles. The van der Waals surface area contributed by atoms with E-state index in [-0.39, 0.29) is 6.04 Å². The fraction of sp³-hybridized carbons (Fsp3) is 0.500. The minimum absolute atomic E-state index is 0.163. The second-order valence-electron chi connectivity index (χ2n) is 4.08. The fourth-order valence-electron chi connectivity index (χ4n) is 1.57. The van der Waals surface area contributed by atoms with Gasteiger partial charge in [-0.3, -0.25) is 0 Å². The zero-order valence-corrected chi connectivity index (χ0v) is 9.19. The fourth-order valence-corrected chi connectivity index (χ4v) is 1.57. The van der Waals surface area contributed by atoms with Crippen molar-refractivity contribution in [3.63, 3.8) is 0 Å². The third-order valence-corrected chi connectivity index (χ3v) is 2.39. The van der Waals surface area contributed by atoms with Crippen LogP contribution in [0.4, 0.5) is 8.78 Å². The van der Waals surface area contributed by atoms with Gasteiger partial charge in [-0.15, -0.1) is 0 Å². The van der Waals surface area contributed by atoms with Crippen molar-refractivity contribution in [1.82, 2.24) is 0 Å². The standard InChI is InChI=1S/C12H17F2N/c1-8-6-10(5-3-4-9(2)15)7-11(13)12(8)14/h6-7,9H,3-5,15H2,1-2H3/t9-/m0/s1. The molecule has 0 saturated heterocycles. The highest BCUT2D eigenvalue weighted by atomic mass is 19.2. The first-order chi connectivity index (χ1) is 7.00. The second-order valence-corrected chi connectivity index (χ2v) is 4.08. The Balaban J connectivity index is 2.63. The van der Waals surface area contributed by atoms with Gasteiger partial charge in [0.2, 0.25) is 0 Å². The SMILES string of the molecule is Cc1cc(CCC[C@H](C)N)cc(F)c1F. The summed E-state index contributed by atoms with van der Waals surface area (Å²) in [5.74, 6) is -1.50. The molecule has 1 atom stereocenters. The molecule has 0 fully saturated rings. The molecule has 1 aromatic rings. The van der Waals surface area contributed by atoms with Crippen LogP contribution in [0.5, 0.6) is 0 Å². The molecule has 0 unspecified atom stereocenters. The predicted octanol–water partition coefficient (Wildman–Crippen LogP) is 2.94. The summed E-state index contributed by atoms with van der Waals surface area (Å²) in [7, 11) is 0. The number of hydrogen-bond donors (Lipinski definition) is 1. The zero-order chi connectivity index (χ0) is 11.4. The topological polar surface area (TPSA) is 26.0 Å². The van der Waals surface area contributed by atoms with Gasteiger partial charge in [-0.2, -0.15) is 0 Å². The lowest BCUT2D eigenvalue weighted by Crippen LogP contribution is -2.14. The van der Waals surface area contributed by atoms with E-state index < -0.39 is 11.6 Å². The van der Waals surface area contributed by atoms with Gasteiger partial charge in [-0.05, 0) is 50.3 Å². The van der Waals surface area contributed by atoms with Gasteiger partial charge in [0.1, 0.15) is 0 Å². The molecular formula is C12H17F2N. The summed E-state index contributed by atoms with van der Waals surface area (Å²) in [5.41, 5.74) is 6.81. The molecule has 0 bridgehead atoms. The van der Waals surface area contributed by atoms with Gasteiger partial charge in [-0.25, -0.2) is 8.78 Å². The smallest absolute Gasteiger partial charge is 0.161 e. The highest BCUT2D eigenvalue weighted by Crippen LogP contribution is 2.15. The minimum Gasteiger partial charge on any atom is -0.328 e. The second kappa shape index (κ2) is 5.21. The first-order valence-electron chi connectivity index (χ1n) is 5.21. The van der Waals surface area contributed by atoms with Crippen LogP contribution in [-0.4, -0.2) is 6.04 Å². The van der Waals surface area contributed by atoms with Crippen molar-refractivity contribution in [3.8, 4) is 0 Å². The molecule has 0 aromatic heterocycles. The Labute approximate surface area is 89.3 Å². The molecule has 0 spiro atoms. The highest BCUT2D eigenvalue weighted by molar-refractivity contribution is 5.25. The van der Waals surface area contributed by atoms with E-state index in [1.54, 1.807) is 13.0 Å². The molecule has 1 aromatic carbocycles. The number of benzene rings is 1. The molecule has 84 valence electrons. The number of aryl methyl sites for hydroxylation is 2. The summed E-state index contributed by atoms with van der Waals surface area (Å²) in [6, 6.07) is 3.12. The Morgan fingerprint density at radius 2 is 2.00 bits per heavy atom. The van der Waals surface area contributed by atoms with E-state index in [2.05, 4.69) is 0 Å².